The van der Waals surface area contributed by atoms with Crippen LogP contribution < -0.4 is 11.1 Å². The van der Waals surface area contributed by atoms with Gasteiger partial charge in [-0.2, -0.15) is 0 Å². The number of allylic oxidation sites excluding steroid dienone is 1. The quantitative estimate of drug-likeness (QED) is 0.411. The van der Waals surface area contributed by atoms with Crippen molar-refractivity contribution in [1.82, 2.24) is 5.32 Å². The Balaban J connectivity index is 2.37. The third-order valence-corrected chi connectivity index (χ3v) is 6.45. The number of anilines is 1. The van der Waals surface area contributed by atoms with E-state index in [0.717, 1.165) is 17.4 Å². The molecule has 1 aliphatic rings. The molecule has 0 spiro atoms. The number of carbonyl (C=O) groups excluding carboxylic acids is 2. The fourth-order valence-electron chi connectivity index (χ4n) is 4.44. The molecular formula is C23H24Cl2N2O2. The second-order valence-electron chi connectivity index (χ2n) is 7.48. The lowest BCUT2D eigenvalue weighted by Gasteiger charge is -2.42. The van der Waals surface area contributed by atoms with Crippen molar-refractivity contribution in [3.05, 3.63) is 75.3 Å². The summed E-state index contributed by atoms with van der Waals surface area (Å²) in [5.41, 5.74) is 8.24. The minimum Gasteiger partial charge on any atom is -0.398 e. The number of halogens is 2. The smallest absolute Gasteiger partial charge is 0.220 e. The van der Waals surface area contributed by atoms with Gasteiger partial charge in [-0.1, -0.05) is 53.1 Å². The minimum absolute atomic E-state index is 0.111. The molecule has 152 valence electrons. The molecule has 0 aliphatic carbocycles. The Kier molecular flexibility index (Phi) is 6.35. The van der Waals surface area contributed by atoms with Crippen LogP contribution in [0, 0.1) is 5.92 Å². The molecule has 2 aromatic carbocycles. The number of nitrogens with two attached hydrogens (primary N) is 1. The molecule has 0 unspecified atom stereocenters. The van der Waals surface area contributed by atoms with Gasteiger partial charge in [-0.3, -0.25) is 4.79 Å². The molecule has 29 heavy (non-hydrogen) atoms. The van der Waals surface area contributed by atoms with Crippen LogP contribution in [0.3, 0.4) is 0 Å². The Bertz CT molecular complexity index is 973. The Morgan fingerprint density at radius 1 is 1.21 bits per heavy atom. The molecule has 1 heterocycles. The van der Waals surface area contributed by atoms with E-state index in [9.17, 15) is 9.59 Å². The molecule has 0 aromatic heterocycles. The normalized spacial score (nSPS) is 25.2. The van der Waals surface area contributed by atoms with E-state index in [1.807, 2.05) is 38.1 Å². The maximum absolute atomic E-state index is 13.0. The van der Waals surface area contributed by atoms with Gasteiger partial charge in [0.2, 0.25) is 5.91 Å². The largest absolute Gasteiger partial charge is 0.398 e. The van der Waals surface area contributed by atoms with E-state index in [2.05, 4.69) is 5.32 Å². The predicted molar refractivity (Wildman–Crippen MR) is 118 cm³/mol. The SMILES string of the molecule is C/C=C(\C)[C@H]1CNC(=O)C[C@@H](c2cccc(Cl)c2)[C@@]1(C=O)c1ccc(Cl)cc1N. The summed E-state index contributed by atoms with van der Waals surface area (Å²) < 4.78 is 0. The minimum atomic E-state index is -1.06. The van der Waals surface area contributed by atoms with Crippen molar-refractivity contribution in [2.75, 3.05) is 12.3 Å². The van der Waals surface area contributed by atoms with Crippen molar-refractivity contribution in [3.8, 4) is 0 Å². The van der Waals surface area contributed by atoms with Gasteiger partial charge < -0.3 is 15.8 Å². The van der Waals surface area contributed by atoms with Crippen LogP contribution in [0.2, 0.25) is 10.0 Å². The standard InChI is InChI=1S/C23H24Cl2N2O2/c1-3-14(2)20-12-27-22(29)11-19(15-5-4-6-16(24)9-15)23(20,13-28)18-8-7-17(25)10-21(18)26/h3-10,13,19-20H,11-12,26H2,1-2H3,(H,27,29)/b14-3+/t19-,20+,23+/m0/s1. The van der Waals surface area contributed by atoms with Crippen molar-refractivity contribution >= 4 is 41.1 Å². The van der Waals surface area contributed by atoms with Crippen LogP contribution in [0.15, 0.2) is 54.1 Å². The Labute approximate surface area is 181 Å². The summed E-state index contributed by atoms with van der Waals surface area (Å²) in [6.07, 6.45) is 3.08. The number of amides is 1. The third-order valence-electron chi connectivity index (χ3n) is 5.98. The van der Waals surface area contributed by atoms with Gasteiger partial charge in [-0.05, 0) is 49.2 Å². The van der Waals surface area contributed by atoms with Crippen molar-refractivity contribution in [3.63, 3.8) is 0 Å². The summed E-state index contributed by atoms with van der Waals surface area (Å²) in [5.74, 6) is -0.825. The summed E-state index contributed by atoms with van der Waals surface area (Å²) in [5, 5.41) is 4.02. The van der Waals surface area contributed by atoms with Gasteiger partial charge in [0.25, 0.3) is 0 Å². The van der Waals surface area contributed by atoms with E-state index >= 15 is 0 Å². The topological polar surface area (TPSA) is 72.2 Å². The van der Waals surface area contributed by atoms with E-state index in [4.69, 9.17) is 28.9 Å². The second kappa shape index (κ2) is 8.60. The van der Waals surface area contributed by atoms with Gasteiger partial charge >= 0.3 is 0 Å². The zero-order chi connectivity index (χ0) is 21.2. The average molecular weight is 431 g/mol. The van der Waals surface area contributed by atoms with Crippen LogP contribution >= 0.6 is 23.2 Å². The molecule has 1 fully saturated rings. The fraction of sp³-hybridized carbons (Fsp3) is 0.304. The summed E-state index contributed by atoms with van der Waals surface area (Å²) in [6, 6.07) is 12.5. The second-order valence-corrected chi connectivity index (χ2v) is 8.36. The zero-order valence-electron chi connectivity index (χ0n) is 16.4. The first kappa shape index (κ1) is 21.4. The van der Waals surface area contributed by atoms with E-state index in [1.54, 1.807) is 24.3 Å². The number of nitrogen functional groups attached to an aromatic ring is 1. The van der Waals surface area contributed by atoms with Gasteiger partial charge in [0, 0.05) is 40.5 Å². The van der Waals surface area contributed by atoms with Crippen molar-refractivity contribution in [1.29, 1.82) is 0 Å². The summed E-state index contributed by atoms with van der Waals surface area (Å²) in [6.45, 7) is 4.24. The lowest BCUT2D eigenvalue weighted by molar-refractivity contribution is -0.121. The van der Waals surface area contributed by atoms with E-state index in [0.29, 0.717) is 27.8 Å². The van der Waals surface area contributed by atoms with Gasteiger partial charge in [0.05, 0.1) is 5.41 Å². The van der Waals surface area contributed by atoms with Crippen LogP contribution in [0.4, 0.5) is 5.69 Å². The molecule has 1 amide bonds. The molecule has 6 heteroatoms. The molecule has 3 atom stereocenters. The first-order valence-electron chi connectivity index (χ1n) is 9.50. The highest BCUT2D eigenvalue weighted by molar-refractivity contribution is 6.31. The predicted octanol–water partition coefficient (Wildman–Crippen LogP) is 4.90. The van der Waals surface area contributed by atoms with Gasteiger partial charge in [-0.15, -0.1) is 0 Å². The number of aldehydes is 1. The first-order valence-corrected chi connectivity index (χ1v) is 10.3. The van der Waals surface area contributed by atoms with Crippen LogP contribution in [0.25, 0.3) is 0 Å². The summed E-state index contributed by atoms with van der Waals surface area (Å²) in [7, 11) is 0. The highest BCUT2D eigenvalue weighted by Gasteiger charge is 2.51. The highest BCUT2D eigenvalue weighted by Crippen LogP contribution is 2.51. The molecule has 3 rings (SSSR count). The lowest BCUT2D eigenvalue weighted by Crippen LogP contribution is -2.45. The summed E-state index contributed by atoms with van der Waals surface area (Å²) in [4.78, 5) is 25.6. The van der Waals surface area contributed by atoms with E-state index < -0.39 is 11.3 Å². The van der Waals surface area contributed by atoms with Crippen molar-refractivity contribution < 1.29 is 9.59 Å². The third kappa shape index (κ3) is 3.92. The highest BCUT2D eigenvalue weighted by atomic mass is 35.5. The first-order chi connectivity index (χ1) is 13.8. The number of rotatable bonds is 4. The molecule has 3 N–H and O–H groups in total. The fourth-order valence-corrected chi connectivity index (χ4v) is 4.82. The zero-order valence-corrected chi connectivity index (χ0v) is 17.9. The Morgan fingerprint density at radius 2 is 1.93 bits per heavy atom. The molecule has 2 aromatic rings. The number of hydrogen-bond donors (Lipinski definition) is 2. The van der Waals surface area contributed by atoms with Gasteiger partial charge in [-0.25, -0.2) is 0 Å². The monoisotopic (exact) mass is 430 g/mol. The molecule has 0 radical (unpaired) electrons. The van der Waals surface area contributed by atoms with Crippen molar-refractivity contribution in [2.45, 2.75) is 31.6 Å². The molecule has 1 aliphatic heterocycles. The number of nitrogens with one attached hydrogen (secondary N) is 1. The average Bonchev–Trinajstić information content (AvgIpc) is 2.84. The van der Waals surface area contributed by atoms with Gasteiger partial charge in [0.1, 0.15) is 6.29 Å². The van der Waals surface area contributed by atoms with Crippen molar-refractivity contribution in [2.24, 2.45) is 5.92 Å². The van der Waals surface area contributed by atoms with Crippen LogP contribution in [-0.4, -0.2) is 18.7 Å². The molecule has 0 bridgehead atoms. The molecular weight excluding hydrogens is 407 g/mol. The van der Waals surface area contributed by atoms with E-state index in [1.165, 1.54) is 0 Å². The Morgan fingerprint density at radius 3 is 2.55 bits per heavy atom. The molecule has 1 saturated heterocycles. The lowest BCUT2D eigenvalue weighted by atomic mass is 9.59. The molecule has 0 saturated carbocycles. The van der Waals surface area contributed by atoms with E-state index in [-0.39, 0.29) is 18.2 Å². The number of carbonyl (C=O) groups is 2. The van der Waals surface area contributed by atoms with Gasteiger partial charge in [0.15, 0.2) is 0 Å². The number of benzene rings is 2. The maximum Gasteiger partial charge on any atom is 0.220 e. The Hall–Kier alpha value is -2.30. The van der Waals surface area contributed by atoms with Crippen LogP contribution in [0.5, 0.6) is 0 Å². The molecule has 4 nitrogen and oxygen atoms in total. The number of hydrogen-bond acceptors (Lipinski definition) is 3. The van der Waals surface area contributed by atoms with Crippen LogP contribution in [-0.2, 0) is 15.0 Å². The maximum atomic E-state index is 13.0. The summed E-state index contributed by atoms with van der Waals surface area (Å²) >= 11 is 12.4. The van der Waals surface area contributed by atoms with Crippen LogP contribution in [0.1, 0.15) is 37.3 Å².